The maximum absolute atomic E-state index is 12.5. The molecule has 1 amide bonds. The molecule has 0 fully saturated rings. The highest BCUT2D eigenvalue weighted by Crippen LogP contribution is 2.38. The van der Waals surface area contributed by atoms with E-state index in [0.29, 0.717) is 42.8 Å². The Hall–Kier alpha value is -2.99. The lowest BCUT2D eigenvalue weighted by Crippen LogP contribution is -2.25. The molecule has 3 aromatic rings. The predicted octanol–water partition coefficient (Wildman–Crippen LogP) is 3.61. The minimum absolute atomic E-state index is 0.0792. The van der Waals surface area contributed by atoms with Crippen LogP contribution in [0.15, 0.2) is 54.9 Å². The van der Waals surface area contributed by atoms with E-state index in [1.54, 1.807) is 12.3 Å². The standard InChI is InChI=1S/C22H22ClN3O3/c23-19-11-16(12-20-22(19)29-10-4-9-28-20)13-21(27)24-14-17-5-1-2-6-18(17)15-26-8-3-7-25-26/h1-3,5-8,11-12H,4,9-10,13-15H2,(H,24,27). The van der Waals surface area contributed by atoms with E-state index in [1.807, 2.05) is 47.3 Å². The SMILES string of the molecule is O=C(Cc1cc(Cl)c2c(c1)OCCCO2)NCc1ccccc1Cn1cccn1. The maximum atomic E-state index is 12.5. The Labute approximate surface area is 174 Å². The van der Waals surface area contributed by atoms with Crippen LogP contribution in [-0.4, -0.2) is 28.9 Å². The molecule has 2 aromatic carbocycles. The van der Waals surface area contributed by atoms with Gasteiger partial charge in [-0.1, -0.05) is 35.9 Å². The van der Waals surface area contributed by atoms with Crippen LogP contribution in [-0.2, 0) is 24.3 Å². The van der Waals surface area contributed by atoms with Crippen molar-refractivity contribution < 1.29 is 14.3 Å². The third kappa shape index (κ3) is 4.90. The minimum atomic E-state index is -0.0792. The first-order chi connectivity index (χ1) is 14.2. The number of fused-ring (bicyclic) bond motifs is 1. The summed E-state index contributed by atoms with van der Waals surface area (Å²) in [6.45, 7) is 2.27. The Morgan fingerprint density at radius 3 is 2.79 bits per heavy atom. The van der Waals surface area contributed by atoms with Crippen LogP contribution in [0.25, 0.3) is 0 Å². The third-order valence-corrected chi connectivity index (χ3v) is 4.99. The van der Waals surface area contributed by atoms with Gasteiger partial charge in [0.2, 0.25) is 5.91 Å². The van der Waals surface area contributed by atoms with Crippen LogP contribution < -0.4 is 14.8 Å². The van der Waals surface area contributed by atoms with Crippen LogP contribution in [0.2, 0.25) is 5.02 Å². The summed E-state index contributed by atoms with van der Waals surface area (Å²) in [5, 5.41) is 7.71. The summed E-state index contributed by atoms with van der Waals surface area (Å²) in [6.07, 6.45) is 4.70. The van der Waals surface area contributed by atoms with Gasteiger partial charge in [0.05, 0.1) is 31.2 Å². The lowest BCUT2D eigenvalue weighted by molar-refractivity contribution is -0.120. The molecule has 0 radical (unpaired) electrons. The van der Waals surface area contributed by atoms with Crippen LogP contribution in [0, 0.1) is 0 Å². The molecule has 0 atom stereocenters. The molecule has 1 N–H and O–H groups in total. The van der Waals surface area contributed by atoms with Crippen molar-refractivity contribution >= 4 is 17.5 Å². The zero-order chi connectivity index (χ0) is 20.1. The Morgan fingerprint density at radius 1 is 1.14 bits per heavy atom. The number of rotatable bonds is 6. The lowest BCUT2D eigenvalue weighted by Gasteiger charge is -2.13. The molecule has 29 heavy (non-hydrogen) atoms. The Morgan fingerprint density at radius 2 is 1.97 bits per heavy atom. The molecule has 6 nitrogen and oxygen atoms in total. The molecular weight excluding hydrogens is 390 g/mol. The fourth-order valence-corrected chi connectivity index (χ4v) is 3.57. The summed E-state index contributed by atoms with van der Waals surface area (Å²) in [5.74, 6) is 1.08. The highest BCUT2D eigenvalue weighted by Gasteiger charge is 2.17. The van der Waals surface area contributed by atoms with E-state index < -0.39 is 0 Å². The van der Waals surface area contributed by atoms with Gasteiger partial charge in [0.25, 0.3) is 0 Å². The average Bonchev–Trinajstić information content (AvgIpc) is 3.10. The van der Waals surface area contributed by atoms with Crippen LogP contribution >= 0.6 is 11.6 Å². The Kier molecular flexibility index (Phi) is 6.00. The van der Waals surface area contributed by atoms with Gasteiger partial charge in [-0.25, -0.2) is 0 Å². The van der Waals surface area contributed by atoms with Gasteiger partial charge in [0.1, 0.15) is 0 Å². The van der Waals surface area contributed by atoms with Crippen molar-refractivity contribution in [2.24, 2.45) is 0 Å². The molecule has 1 aliphatic heterocycles. The molecule has 0 unspecified atom stereocenters. The molecule has 0 saturated carbocycles. The van der Waals surface area contributed by atoms with Crippen molar-refractivity contribution in [1.29, 1.82) is 0 Å². The van der Waals surface area contributed by atoms with Crippen molar-refractivity contribution in [2.45, 2.75) is 25.9 Å². The maximum Gasteiger partial charge on any atom is 0.224 e. The molecule has 0 spiro atoms. The summed E-state index contributed by atoms with van der Waals surface area (Å²) in [5.41, 5.74) is 2.98. The smallest absolute Gasteiger partial charge is 0.224 e. The first-order valence-electron chi connectivity index (χ1n) is 9.58. The van der Waals surface area contributed by atoms with E-state index >= 15 is 0 Å². The third-order valence-electron chi connectivity index (χ3n) is 4.71. The van der Waals surface area contributed by atoms with Gasteiger partial charge in [-0.15, -0.1) is 0 Å². The Bertz CT molecular complexity index is 989. The number of hydrogen-bond acceptors (Lipinski definition) is 4. The monoisotopic (exact) mass is 411 g/mol. The van der Waals surface area contributed by atoms with E-state index in [9.17, 15) is 4.79 Å². The van der Waals surface area contributed by atoms with E-state index in [4.69, 9.17) is 21.1 Å². The van der Waals surface area contributed by atoms with E-state index in [2.05, 4.69) is 10.4 Å². The van der Waals surface area contributed by atoms with Gasteiger partial charge in [0.15, 0.2) is 11.5 Å². The molecule has 7 heteroatoms. The van der Waals surface area contributed by atoms with Gasteiger partial charge >= 0.3 is 0 Å². The van der Waals surface area contributed by atoms with Crippen molar-refractivity contribution in [3.05, 3.63) is 76.6 Å². The Balaban J connectivity index is 1.40. The number of benzene rings is 2. The first-order valence-corrected chi connectivity index (χ1v) is 9.96. The number of hydrogen-bond donors (Lipinski definition) is 1. The van der Waals surface area contributed by atoms with E-state index in [0.717, 1.165) is 23.1 Å². The molecule has 1 aromatic heterocycles. The largest absolute Gasteiger partial charge is 0.489 e. The highest BCUT2D eigenvalue weighted by atomic mass is 35.5. The number of ether oxygens (including phenoxy) is 2. The molecule has 2 heterocycles. The summed E-state index contributed by atoms with van der Waals surface area (Å²) in [7, 11) is 0. The first kappa shape index (κ1) is 19.3. The molecule has 0 saturated heterocycles. The molecular formula is C22H22ClN3O3. The quantitative estimate of drug-likeness (QED) is 0.673. The second kappa shape index (κ2) is 9.01. The van der Waals surface area contributed by atoms with E-state index in [1.165, 1.54) is 0 Å². The normalized spacial score (nSPS) is 13.0. The number of nitrogens with one attached hydrogen (secondary N) is 1. The van der Waals surface area contributed by atoms with Gasteiger partial charge in [-0.2, -0.15) is 5.10 Å². The molecule has 4 rings (SSSR count). The highest BCUT2D eigenvalue weighted by molar-refractivity contribution is 6.32. The summed E-state index contributed by atoms with van der Waals surface area (Å²) in [6, 6.07) is 13.5. The van der Waals surface area contributed by atoms with Gasteiger partial charge in [-0.3, -0.25) is 9.48 Å². The summed E-state index contributed by atoms with van der Waals surface area (Å²) in [4.78, 5) is 12.5. The van der Waals surface area contributed by atoms with Crippen LogP contribution in [0.4, 0.5) is 0 Å². The molecule has 0 aliphatic carbocycles. The van der Waals surface area contributed by atoms with Crippen molar-refractivity contribution in [2.75, 3.05) is 13.2 Å². The molecule has 1 aliphatic rings. The van der Waals surface area contributed by atoms with E-state index in [-0.39, 0.29) is 12.3 Å². The number of nitrogens with zero attached hydrogens (tertiary/aromatic N) is 2. The summed E-state index contributed by atoms with van der Waals surface area (Å²) >= 11 is 6.32. The fourth-order valence-electron chi connectivity index (χ4n) is 3.28. The number of carbonyl (C=O) groups is 1. The van der Waals surface area contributed by atoms with Crippen LogP contribution in [0.3, 0.4) is 0 Å². The predicted molar refractivity (Wildman–Crippen MR) is 110 cm³/mol. The number of amides is 1. The second-order valence-electron chi connectivity index (χ2n) is 6.88. The zero-order valence-corrected chi connectivity index (χ0v) is 16.7. The topological polar surface area (TPSA) is 65.4 Å². The van der Waals surface area contributed by atoms with Crippen molar-refractivity contribution in [3.8, 4) is 11.5 Å². The number of halogens is 1. The van der Waals surface area contributed by atoms with Crippen molar-refractivity contribution in [1.82, 2.24) is 15.1 Å². The summed E-state index contributed by atoms with van der Waals surface area (Å²) < 4.78 is 13.2. The molecule has 150 valence electrons. The van der Waals surface area contributed by atoms with Gasteiger partial charge < -0.3 is 14.8 Å². The number of aromatic nitrogens is 2. The lowest BCUT2D eigenvalue weighted by atomic mass is 10.1. The van der Waals surface area contributed by atoms with Gasteiger partial charge in [0, 0.05) is 25.4 Å². The van der Waals surface area contributed by atoms with Crippen LogP contribution in [0.5, 0.6) is 11.5 Å². The minimum Gasteiger partial charge on any atom is -0.489 e. The van der Waals surface area contributed by atoms with Gasteiger partial charge in [-0.05, 0) is 34.9 Å². The van der Waals surface area contributed by atoms with Crippen molar-refractivity contribution in [3.63, 3.8) is 0 Å². The fraction of sp³-hybridized carbons (Fsp3) is 0.273. The van der Waals surface area contributed by atoms with Crippen LogP contribution in [0.1, 0.15) is 23.1 Å². The average molecular weight is 412 g/mol. The number of carbonyl (C=O) groups excluding carboxylic acids is 1. The molecule has 0 bridgehead atoms. The zero-order valence-electron chi connectivity index (χ0n) is 15.9. The second-order valence-corrected chi connectivity index (χ2v) is 7.29.